The lowest BCUT2D eigenvalue weighted by molar-refractivity contribution is 0.0657. The number of aromatic nitrogens is 1. The summed E-state index contributed by atoms with van der Waals surface area (Å²) in [5.41, 5.74) is 3.59. The van der Waals surface area contributed by atoms with Gasteiger partial charge in [-0.05, 0) is 30.9 Å². The topological polar surface area (TPSA) is 68.5 Å². The second kappa shape index (κ2) is 7.23. The number of carboxylic acids is 1. The lowest BCUT2D eigenvalue weighted by Gasteiger charge is -2.20. The van der Waals surface area contributed by atoms with E-state index in [0.717, 1.165) is 12.0 Å². The van der Waals surface area contributed by atoms with Gasteiger partial charge >= 0.3 is 5.97 Å². The Labute approximate surface area is 147 Å². The molecule has 0 bridgehead atoms. The summed E-state index contributed by atoms with van der Waals surface area (Å²) in [6.45, 7) is 5.37. The Morgan fingerprint density at radius 2 is 2.00 bits per heavy atom. The Kier molecular flexibility index (Phi) is 5.04. The standard InChI is InChI=1S/C20H23NO4/c1-3-14(15-6-4-13(2)5-7-15)10-19(22)17-11-16(20(23)24)18-12-25-9-8-21(17)18/h4-7,11,14H,3,8-10,12H2,1-2H3,(H,23,24)/t14-/m0/s1. The molecule has 1 N–H and O–H groups in total. The van der Waals surface area contributed by atoms with Crippen molar-refractivity contribution in [1.82, 2.24) is 4.57 Å². The van der Waals surface area contributed by atoms with Crippen molar-refractivity contribution < 1.29 is 19.4 Å². The molecule has 25 heavy (non-hydrogen) atoms. The van der Waals surface area contributed by atoms with Gasteiger partial charge in [-0.25, -0.2) is 4.79 Å². The van der Waals surface area contributed by atoms with Gasteiger partial charge in [-0.15, -0.1) is 0 Å². The summed E-state index contributed by atoms with van der Waals surface area (Å²) in [5.74, 6) is -0.894. The summed E-state index contributed by atoms with van der Waals surface area (Å²) < 4.78 is 7.18. The van der Waals surface area contributed by atoms with E-state index in [2.05, 4.69) is 31.2 Å². The first kappa shape index (κ1) is 17.4. The van der Waals surface area contributed by atoms with Crippen molar-refractivity contribution in [2.45, 2.75) is 45.8 Å². The Hall–Kier alpha value is -2.40. The SMILES string of the molecule is CC[C@@H](CC(=O)c1cc(C(=O)O)c2n1CCOC2)c1ccc(C)cc1. The van der Waals surface area contributed by atoms with Crippen LogP contribution < -0.4 is 0 Å². The van der Waals surface area contributed by atoms with Crippen LogP contribution >= 0.6 is 0 Å². The number of aromatic carboxylic acids is 1. The van der Waals surface area contributed by atoms with Crippen LogP contribution in [0.4, 0.5) is 0 Å². The summed E-state index contributed by atoms with van der Waals surface area (Å²) in [4.78, 5) is 24.4. The number of aryl methyl sites for hydroxylation is 1. The minimum Gasteiger partial charge on any atom is -0.478 e. The summed E-state index contributed by atoms with van der Waals surface area (Å²) in [6, 6.07) is 9.77. The van der Waals surface area contributed by atoms with Crippen molar-refractivity contribution in [2.24, 2.45) is 0 Å². The predicted octanol–water partition coefficient (Wildman–Crippen LogP) is 3.79. The molecule has 1 aliphatic rings. The first-order chi connectivity index (χ1) is 12.0. The second-order valence-electron chi connectivity index (χ2n) is 6.54. The molecule has 0 spiro atoms. The molecule has 3 rings (SSSR count). The van der Waals surface area contributed by atoms with Crippen LogP contribution in [0.15, 0.2) is 30.3 Å². The molecule has 1 atom stereocenters. The van der Waals surface area contributed by atoms with Crippen molar-refractivity contribution in [3.63, 3.8) is 0 Å². The molecular weight excluding hydrogens is 318 g/mol. The number of rotatable bonds is 6. The number of hydrogen-bond acceptors (Lipinski definition) is 3. The predicted molar refractivity (Wildman–Crippen MR) is 94.2 cm³/mol. The number of carbonyl (C=O) groups excluding carboxylic acids is 1. The number of ether oxygens (including phenoxy) is 1. The lowest BCUT2D eigenvalue weighted by Crippen LogP contribution is -2.21. The summed E-state index contributed by atoms with van der Waals surface area (Å²) in [6.07, 6.45) is 1.24. The molecule has 0 saturated carbocycles. The fraction of sp³-hybridized carbons (Fsp3) is 0.400. The van der Waals surface area contributed by atoms with Crippen molar-refractivity contribution in [1.29, 1.82) is 0 Å². The van der Waals surface area contributed by atoms with Crippen molar-refractivity contribution in [3.05, 3.63) is 58.4 Å². The Morgan fingerprint density at radius 3 is 2.64 bits per heavy atom. The molecule has 2 aromatic rings. The number of benzene rings is 1. The number of Topliss-reactive ketones (excluding diaryl/α,β-unsaturated/α-hetero) is 1. The van der Waals surface area contributed by atoms with E-state index >= 15 is 0 Å². The normalized spacial score (nSPS) is 14.8. The fourth-order valence-corrected chi connectivity index (χ4v) is 3.41. The minimum atomic E-state index is -1.01. The van der Waals surface area contributed by atoms with Gasteiger partial charge in [-0.3, -0.25) is 4.79 Å². The molecule has 0 amide bonds. The number of fused-ring (bicyclic) bond motifs is 1. The minimum absolute atomic E-state index is 0.0110. The largest absolute Gasteiger partial charge is 0.478 e. The molecule has 0 unspecified atom stereocenters. The first-order valence-electron chi connectivity index (χ1n) is 8.64. The van der Waals surface area contributed by atoms with Crippen LogP contribution in [0.5, 0.6) is 0 Å². The molecular formula is C20H23NO4. The highest BCUT2D eigenvalue weighted by Gasteiger charge is 2.27. The number of nitrogens with zero attached hydrogens (tertiary/aromatic N) is 1. The second-order valence-corrected chi connectivity index (χ2v) is 6.54. The zero-order chi connectivity index (χ0) is 18.0. The fourth-order valence-electron chi connectivity index (χ4n) is 3.41. The van der Waals surface area contributed by atoms with Crippen LogP contribution in [0.1, 0.15) is 63.4 Å². The third-order valence-corrected chi connectivity index (χ3v) is 4.90. The van der Waals surface area contributed by atoms with Gasteiger partial charge in [-0.1, -0.05) is 36.8 Å². The molecule has 0 aliphatic carbocycles. The third-order valence-electron chi connectivity index (χ3n) is 4.90. The van der Waals surface area contributed by atoms with Gasteiger partial charge in [0, 0.05) is 13.0 Å². The van der Waals surface area contributed by atoms with Crippen molar-refractivity contribution >= 4 is 11.8 Å². The Morgan fingerprint density at radius 1 is 1.28 bits per heavy atom. The number of carboxylic acid groups (broad SMARTS) is 1. The molecule has 0 saturated heterocycles. The first-order valence-corrected chi connectivity index (χ1v) is 8.64. The zero-order valence-electron chi connectivity index (χ0n) is 14.6. The Bertz CT molecular complexity index is 789. The molecule has 5 nitrogen and oxygen atoms in total. The number of hydrogen-bond donors (Lipinski definition) is 1. The van der Waals surface area contributed by atoms with E-state index in [1.165, 1.54) is 11.6 Å². The average molecular weight is 341 g/mol. The van der Waals surface area contributed by atoms with Gasteiger partial charge in [0.2, 0.25) is 0 Å². The lowest BCUT2D eigenvalue weighted by atomic mass is 9.90. The molecule has 1 aromatic heterocycles. The zero-order valence-corrected chi connectivity index (χ0v) is 14.6. The maximum Gasteiger partial charge on any atom is 0.337 e. The van der Waals surface area contributed by atoms with Gasteiger partial charge in [0.15, 0.2) is 5.78 Å². The van der Waals surface area contributed by atoms with E-state index < -0.39 is 5.97 Å². The highest BCUT2D eigenvalue weighted by atomic mass is 16.5. The van der Waals surface area contributed by atoms with Crippen molar-refractivity contribution in [3.8, 4) is 0 Å². The van der Waals surface area contributed by atoms with E-state index in [1.807, 2.05) is 11.5 Å². The van der Waals surface area contributed by atoms with Crippen LogP contribution in [0.25, 0.3) is 0 Å². The van der Waals surface area contributed by atoms with Gasteiger partial charge in [0.25, 0.3) is 0 Å². The molecule has 0 radical (unpaired) electrons. The summed E-state index contributed by atoms with van der Waals surface area (Å²) in [5, 5.41) is 9.39. The van der Waals surface area contributed by atoms with Crippen LogP contribution in [-0.4, -0.2) is 28.0 Å². The van der Waals surface area contributed by atoms with E-state index in [9.17, 15) is 14.7 Å². The number of carbonyl (C=O) groups is 2. The smallest absolute Gasteiger partial charge is 0.337 e. The maximum absolute atomic E-state index is 12.9. The highest BCUT2D eigenvalue weighted by molar-refractivity contribution is 5.99. The average Bonchev–Trinajstić information content (AvgIpc) is 3.00. The van der Waals surface area contributed by atoms with Gasteiger partial charge in [0.05, 0.1) is 30.2 Å². The van der Waals surface area contributed by atoms with Gasteiger partial charge < -0.3 is 14.4 Å². The van der Waals surface area contributed by atoms with E-state index in [-0.39, 0.29) is 23.9 Å². The van der Waals surface area contributed by atoms with E-state index in [1.54, 1.807) is 0 Å². The van der Waals surface area contributed by atoms with Crippen LogP contribution in [-0.2, 0) is 17.9 Å². The molecule has 0 fully saturated rings. The molecule has 2 heterocycles. The monoisotopic (exact) mass is 341 g/mol. The van der Waals surface area contributed by atoms with E-state index in [0.29, 0.717) is 31.0 Å². The van der Waals surface area contributed by atoms with Crippen LogP contribution in [0.3, 0.4) is 0 Å². The van der Waals surface area contributed by atoms with Crippen molar-refractivity contribution in [2.75, 3.05) is 6.61 Å². The number of ketones is 1. The van der Waals surface area contributed by atoms with Crippen LogP contribution in [0, 0.1) is 6.92 Å². The summed E-state index contributed by atoms with van der Waals surface area (Å²) in [7, 11) is 0. The van der Waals surface area contributed by atoms with Gasteiger partial charge in [-0.2, -0.15) is 0 Å². The summed E-state index contributed by atoms with van der Waals surface area (Å²) >= 11 is 0. The quantitative estimate of drug-likeness (QED) is 0.812. The maximum atomic E-state index is 12.9. The molecule has 1 aromatic carbocycles. The van der Waals surface area contributed by atoms with Crippen LogP contribution in [0.2, 0.25) is 0 Å². The highest BCUT2D eigenvalue weighted by Crippen LogP contribution is 2.28. The molecule has 132 valence electrons. The molecule has 1 aliphatic heterocycles. The Balaban J connectivity index is 1.87. The third kappa shape index (κ3) is 3.51. The molecule has 5 heteroatoms. The van der Waals surface area contributed by atoms with E-state index in [4.69, 9.17) is 4.74 Å². The van der Waals surface area contributed by atoms with Gasteiger partial charge in [0.1, 0.15) is 0 Å².